The molecule has 5 heteroatoms. The topological polar surface area (TPSA) is 64.3 Å². The van der Waals surface area contributed by atoms with Crippen molar-refractivity contribution in [2.45, 2.75) is 45.4 Å². The molecule has 0 saturated carbocycles. The number of carbonyl (C=O) groups excluding carboxylic acids is 1. The fraction of sp³-hybridized carbons (Fsp3) is 0.562. The van der Waals surface area contributed by atoms with Crippen molar-refractivity contribution in [1.29, 1.82) is 0 Å². The van der Waals surface area contributed by atoms with Crippen LogP contribution >= 0.6 is 11.6 Å². The summed E-state index contributed by atoms with van der Waals surface area (Å²) in [4.78, 5) is 11.8. The van der Waals surface area contributed by atoms with Gasteiger partial charge in [-0.25, -0.2) is 4.79 Å². The normalized spacial score (nSPS) is 10.4. The number of ether oxygens (including phenoxy) is 1. The summed E-state index contributed by atoms with van der Waals surface area (Å²) in [6.45, 7) is 2.98. The second kappa shape index (κ2) is 9.50. The number of carbonyl (C=O) groups is 1. The Kier molecular flexibility index (Phi) is 7.98. The Morgan fingerprint density at radius 3 is 2.57 bits per heavy atom. The summed E-state index contributed by atoms with van der Waals surface area (Å²) in [6, 6.07) is 3.22. The van der Waals surface area contributed by atoms with Crippen LogP contribution in [-0.2, 0) is 4.74 Å². The molecule has 118 valence electrons. The van der Waals surface area contributed by atoms with Crippen molar-refractivity contribution in [1.82, 2.24) is 0 Å². The second-order valence-electron chi connectivity index (χ2n) is 5.11. The quantitative estimate of drug-likeness (QED) is 0.401. The molecule has 21 heavy (non-hydrogen) atoms. The van der Waals surface area contributed by atoms with E-state index in [-0.39, 0.29) is 0 Å². The van der Waals surface area contributed by atoms with Crippen LogP contribution in [0.4, 0.5) is 11.4 Å². The van der Waals surface area contributed by atoms with Gasteiger partial charge < -0.3 is 15.8 Å². The third kappa shape index (κ3) is 5.84. The lowest BCUT2D eigenvalue weighted by molar-refractivity contribution is 0.0602. The number of nitrogens with one attached hydrogen (secondary N) is 1. The summed E-state index contributed by atoms with van der Waals surface area (Å²) in [5, 5.41) is 3.67. The number of esters is 1. The molecule has 0 spiro atoms. The molecule has 0 radical (unpaired) electrons. The molecule has 0 unspecified atom stereocenters. The first-order chi connectivity index (χ1) is 10.1. The Hall–Kier alpha value is -1.42. The molecular formula is C16H25ClN2O2. The Bertz CT molecular complexity index is 464. The number of anilines is 2. The summed E-state index contributed by atoms with van der Waals surface area (Å²) < 4.78 is 4.77. The van der Waals surface area contributed by atoms with Gasteiger partial charge in [0.15, 0.2) is 0 Å². The molecule has 0 aromatic heterocycles. The number of methoxy groups -OCH3 is 1. The van der Waals surface area contributed by atoms with E-state index in [2.05, 4.69) is 12.2 Å². The van der Waals surface area contributed by atoms with Gasteiger partial charge in [0.05, 0.1) is 23.4 Å². The minimum atomic E-state index is -0.436. The van der Waals surface area contributed by atoms with Crippen molar-refractivity contribution in [2.24, 2.45) is 0 Å². The molecule has 0 amide bonds. The van der Waals surface area contributed by atoms with Gasteiger partial charge in [0.1, 0.15) is 0 Å². The smallest absolute Gasteiger partial charge is 0.340 e. The number of hydrogen-bond donors (Lipinski definition) is 2. The van der Waals surface area contributed by atoms with Crippen LogP contribution < -0.4 is 11.1 Å². The standard InChI is InChI=1S/C16H25ClN2O2/c1-3-4-5-6-7-8-9-19-15-13(16(20)21-2)10-12(18)11-14(15)17/h10-11,19H,3-9,18H2,1-2H3. The molecule has 0 aliphatic rings. The number of nitrogens with two attached hydrogens (primary N) is 1. The van der Waals surface area contributed by atoms with Crippen molar-refractivity contribution in [3.63, 3.8) is 0 Å². The van der Waals surface area contributed by atoms with Crippen LogP contribution in [0.2, 0.25) is 5.02 Å². The highest BCUT2D eigenvalue weighted by Crippen LogP contribution is 2.29. The highest BCUT2D eigenvalue weighted by Gasteiger charge is 2.15. The van der Waals surface area contributed by atoms with Crippen LogP contribution in [0.5, 0.6) is 0 Å². The zero-order valence-electron chi connectivity index (χ0n) is 12.9. The van der Waals surface area contributed by atoms with Crippen LogP contribution in [0.15, 0.2) is 12.1 Å². The summed E-state index contributed by atoms with van der Waals surface area (Å²) >= 11 is 6.17. The van der Waals surface area contributed by atoms with Crippen molar-refractivity contribution < 1.29 is 9.53 Å². The first-order valence-electron chi connectivity index (χ1n) is 7.51. The van der Waals surface area contributed by atoms with Gasteiger partial charge in [-0.2, -0.15) is 0 Å². The van der Waals surface area contributed by atoms with Gasteiger partial charge in [0, 0.05) is 12.2 Å². The van der Waals surface area contributed by atoms with E-state index in [1.807, 2.05) is 0 Å². The number of rotatable bonds is 9. The lowest BCUT2D eigenvalue weighted by Crippen LogP contribution is -2.10. The lowest BCUT2D eigenvalue weighted by Gasteiger charge is -2.13. The summed E-state index contributed by atoms with van der Waals surface area (Å²) in [6.07, 6.45) is 7.30. The van der Waals surface area contributed by atoms with E-state index in [0.717, 1.165) is 13.0 Å². The van der Waals surface area contributed by atoms with Crippen molar-refractivity contribution in [3.05, 3.63) is 22.7 Å². The number of benzene rings is 1. The second-order valence-corrected chi connectivity index (χ2v) is 5.52. The number of unbranched alkanes of at least 4 members (excludes halogenated alkanes) is 5. The van der Waals surface area contributed by atoms with Gasteiger partial charge in [0.2, 0.25) is 0 Å². The monoisotopic (exact) mass is 312 g/mol. The van der Waals surface area contributed by atoms with E-state index in [4.69, 9.17) is 22.1 Å². The molecule has 0 aliphatic heterocycles. The molecule has 0 fully saturated rings. The maximum atomic E-state index is 11.8. The fourth-order valence-electron chi connectivity index (χ4n) is 2.20. The van der Waals surface area contributed by atoms with Crippen LogP contribution in [0.25, 0.3) is 0 Å². The van der Waals surface area contributed by atoms with Gasteiger partial charge in [-0.1, -0.05) is 50.6 Å². The van der Waals surface area contributed by atoms with Gasteiger partial charge in [-0.05, 0) is 18.6 Å². The van der Waals surface area contributed by atoms with Gasteiger partial charge >= 0.3 is 5.97 Å². The van der Waals surface area contributed by atoms with Crippen molar-refractivity contribution >= 4 is 28.9 Å². The van der Waals surface area contributed by atoms with Gasteiger partial charge in [-0.3, -0.25) is 0 Å². The maximum absolute atomic E-state index is 11.8. The molecule has 0 heterocycles. The van der Waals surface area contributed by atoms with Gasteiger partial charge in [-0.15, -0.1) is 0 Å². The molecule has 0 atom stereocenters. The third-order valence-corrected chi connectivity index (χ3v) is 3.65. The Morgan fingerprint density at radius 2 is 1.90 bits per heavy atom. The fourth-order valence-corrected chi connectivity index (χ4v) is 2.49. The van der Waals surface area contributed by atoms with Crippen LogP contribution in [0.1, 0.15) is 55.8 Å². The first kappa shape index (κ1) is 17.6. The van der Waals surface area contributed by atoms with E-state index in [1.165, 1.54) is 39.2 Å². The minimum absolute atomic E-state index is 0.383. The van der Waals surface area contributed by atoms with Gasteiger partial charge in [0.25, 0.3) is 0 Å². The zero-order valence-corrected chi connectivity index (χ0v) is 13.6. The van der Waals surface area contributed by atoms with E-state index >= 15 is 0 Å². The highest BCUT2D eigenvalue weighted by atomic mass is 35.5. The summed E-state index contributed by atoms with van der Waals surface area (Å²) in [5.74, 6) is -0.436. The molecule has 0 saturated heterocycles. The number of halogens is 1. The summed E-state index contributed by atoms with van der Waals surface area (Å²) in [5.41, 5.74) is 7.16. The average Bonchev–Trinajstić information content (AvgIpc) is 2.46. The predicted octanol–water partition coefficient (Wildman–Crippen LogP) is 4.48. The molecule has 1 rings (SSSR count). The first-order valence-corrected chi connectivity index (χ1v) is 7.89. The molecule has 4 nitrogen and oxygen atoms in total. The third-order valence-electron chi connectivity index (χ3n) is 3.35. The molecule has 1 aromatic carbocycles. The zero-order chi connectivity index (χ0) is 15.7. The van der Waals surface area contributed by atoms with E-state index in [1.54, 1.807) is 12.1 Å². The summed E-state index contributed by atoms with van der Waals surface area (Å²) in [7, 11) is 1.34. The number of hydrogen-bond acceptors (Lipinski definition) is 4. The van der Waals surface area contributed by atoms with E-state index in [9.17, 15) is 4.79 Å². The van der Waals surface area contributed by atoms with Crippen molar-refractivity contribution in [3.8, 4) is 0 Å². The maximum Gasteiger partial charge on any atom is 0.340 e. The lowest BCUT2D eigenvalue weighted by atomic mass is 10.1. The molecule has 1 aromatic rings. The van der Waals surface area contributed by atoms with Crippen LogP contribution in [-0.4, -0.2) is 19.6 Å². The molecular weight excluding hydrogens is 288 g/mol. The van der Waals surface area contributed by atoms with E-state index in [0.29, 0.717) is 22.0 Å². The Balaban J connectivity index is 2.56. The minimum Gasteiger partial charge on any atom is -0.465 e. The number of nitrogen functional groups attached to an aromatic ring is 1. The molecule has 3 N–H and O–H groups in total. The predicted molar refractivity (Wildman–Crippen MR) is 89.1 cm³/mol. The largest absolute Gasteiger partial charge is 0.465 e. The highest BCUT2D eigenvalue weighted by molar-refractivity contribution is 6.34. The van der Waals surface area contributed by atoms with Crippen molar-refractivity contribution in [2.75, 3.05) is 24.7 Å². The van der Waals surface area contributed by atoms with Crippen LogP contribution in [0.3, 0.4) is 0 Å². The average molecular weight is 313 g/mol. The Labute approximate surface area is 132 Å². The van der Waals surface area contributed by atoms with E-state index < -0.39 is 5.97 Å². The van der Waals surface area contributed by atoms with Crippen LogP contribution in [0, 0.1) is 0 Å². The SMILES string of the molecule is CCCCCCCCNc1c(Cl)cc(N)cc1C(=O)OC. The molecule has 0 aliphatic carbocycles. The molecule has 0 bridgehead atoms. The Morgan fingerprint density at radius 1 is 1.24 bits per heavy atom.